The van der Waals surface area contributed by atoms with Gasteiger partial charge in [0.2, 0.25) is 5.91 Å². The summed E-state index contributed by atoms with van der Waals surface area (Å²) in [5, 5.41) is 13.1. The second kappa shape index (κ2) is 11.3. The molecule has 36 heavy (non-hydrogen) atoms. The Bertz CT molecular complexity index is 1270. The summed E-state index contributed by atoms with van der Waals surface area (Å²) in [5.41, 5.74) is 3.28. The third kappa shape index (κ3) is 5.43. The Kier molecular flexibility index (Phi) is 7.73. The lowest BCUT2D eigenvalue weighted by atomic mass is 9.85. The number of hydrogen-bond acceptors (Lipinski definition) is 3. The minimum atomic E-state index is -2.01. The molecule has 4 aromatic carbocycles. The van der Waals surface area contributed by atoms with Crippen molar-refractivity contribution in [1.29, 1.82) is 0 Å². The van der Waals surface area contributed by atoms with Crippen LogP contribution in [0.25, 0.3) is 6.08 Å². The van der Waals surface area contributed by atoms with Gasteiger partial charge >= 0.3 is 0 Å². The average Bonchev–Trinajstić information content (AvgIpc) is 2.94. The van der Waals surface area contributed by atoms with Crippen LogP contribution in [0.3, 0.4) is 0 Å². The zero-order valence-corrected chi connectivity index (χ0v) is 20.0. The molecule has 2 N–H and O–H groups in total. The fourth-order valence-corrected chi connectivity index (χ4v) is 4.08. The first kappa shape index (κ1) is 24.6. The Hall–Kier alpha value is -4.48. The molecule has 0 fully saturated rings. The molecule has 0 spiro atoms. The molecular weight excluding hydrogens is 448 g/mol. The van der Waals surface area contributed by atoms with Crippen molar-refractivity contribution in [2.24, 2.45) is 0 Å². The predicted octanol–water partition coefficient (Wildman–Crippen LogP) is 5.26. The molecule has 0 radical (unpaired) electrons. The number of amides is 2. The molecule has 5 heteroatoms. The Balaban J connectivity index is 1.74. The molecular formula is C31H28N2O3. The maximum atomic E-state index is 13.8. The fraction of sp³-hybridized carbons (Fsp3) is 0.0968. The number of nitrogens with zero attached hydrogens (tertiary/aromatic N) is 1. The van der Waals surface area contributed by atoms with Gasteiger partial charge in [0.15, 0.2) is 5.60 Å². The van der Waals surface area contributed by atoms with Crippen molar-refractivity contribution >= 4 is 17.9 Å². The number of hydrazine groups is 1. The van der Waals surface area contributed by atoms with Gasteiger partial charge in [-0.3, -0.25) is 15.0 Å². The van der Waals surface area contributed by atoms with E-state index in [4.69, 9.17) is 0 Å². The van der Waals surface area contributed by atoms with E-state index in [9.17, 15) is 14.7 Å². The summed E-state index contributed by atoms with van der Waals surface area (Å²) in [7, 11) is 0. The van der Waals surface area contributed by atoms with Gasteiger partial charge in [0.05, 0.1) is 6.04 Å². The van der Waals surface area contributed by atoms with Gasteiger partial charge in [-0.05, 0) is 22.3 Å². The maximum Gasteiger partial charge on any atom is 0.279 e. The largest absolute Gasteiger partial charge is 0.372 e. The van der Waals surface area contributed by atoms with Gasteiger partial charge in [0.1, 0.15) is 0 Å². The summed E-state index contributed by atoms with van der Waals surface area (Å²) in [4.78, 5) is 26.7. The van der Waals surface area contributed by atoms with E-state index in [-0.39, 0.29) is 5.91 Å². The van der Waals surface area contributed by atoms with Crippen LogP contribution in [0.4, 0.5) is 0 Å². The van der Waals surface area contributed by atoms with Crippen molar-refractivity contribution in [1.82, 2.24) is 10.4 Å². The van der Waals surface area contributed by atoms with E-state index >= 15 is 0 Å². The Morgan fingerprint density at radius 2 is 1.19 bits per heavy atom. The number of hydrogen-bond donors (Lipinski definition) is 2. The lowest BCUT2D eigenvalue weighted by Crippen LogP contribution is -2.54. The topological polar surface area (TPSA) is 69.6 Å². The molecule has 4 rings (SSSR count). The molecule has 2 amide bonds. The summed E-state index contributed by atoms with van der Waals surface area (Å²) in [6, 6.07) is 36.0. The van der Waals surface area contributed by atoms with Crippen LogP contribution < -0.4 is 5.43 Å². The zero-order chi connectivity index (χ0) is 25.4. The van der Waals surface area contributed by atoms with E-state index in [0.29, 0.717) is 11.1 Å². The fourth-order valence-electron chi connectivity index (χ4n) is 4.08. The lowest BCUT2D eigenvalue weighted by molar-refractivity contribution is -0.150. The molecule has 0 saturated carbocycles. The first-order valence-corrected chi connectivity index (χ1v) is 11.7. The van der Waals surface area contributed by atoms with Gasteiger partial charge in [-0.2, -0.15) is 0 Å². The number of benzene rings is 4. The maximum absolute atomic E-state index is 13.8. The van der Waals surface area contributed by atoms with Crippen LogP contribution in [0.15, 0.2) is 127 Å². The minimum absolute atomic E-state index is 0.376. The normalized spacial score (nSPS) is 12.2. The molecule has 0 aromatic heterocycles. The van der Waals surface area contributed by atoms with Crippen LogP contribution in [0, 0.1) is 0 Å². The molecule has 1 atom stereocenters. The highest BCUT2D eigenvalue weighted by Crippen LogP contribution is 2.31. The highest BCUT2D eigenvalue weighted by Gasteiger charge is 2.41. The van der Waals surface area contributed by atoms with Gasteiger partial charge in [-0.15, -0.1) is 0 Å². The summed E-state index contributed by atoms with van der Waals surface area (Å²) in [6.45, 7) is 1.39. The van der Waals surface area contributed by atoms with Gasteiger partial charge < -0.3 is 5.11 Å². The Morgan fingerprint density at radius 3 is 1.67 bits per heavy atom. The van der Waals surface area contributed by atoms with Crippen LogP contribution in [0.2, 0.25) is 0 Å². The molecule has 1 unspecified atom stereocenters. The number of nitrogens with one attached hydrogen (secondary N) is 1. The van der Waals surface area contributed by atoms with Crippen molar-refractivity contribution < 1.29 is 14.7 Å². The monoisotopic (exact) mass is 476 g/mol. The van der Waals surface area contributed by atoms with Crippen LogP contribution in [-0.2, 0) is 15.2 Å². The number of carbonyl (C=O) groups excluding carboxylic acids is 2. The van der Waals surface area contributed by atoms with E-state index in [1.165, 1.54) is 11.9 Å². The van der Waals surface area contributed by atoms with E-state index in [2.05, 4.69) is 5.43 Å². The van der Waals surface area contributed by atoms with Gasteiger partial charge in [0, 0.05) is 6.92 Å². The van der Waals surface area contributed by atoms with Crippen LogP contribution in [0.1, 0.15) is 35.2 Å². The quantitative estimate of drug-likeness (QED) is 0.358. The number of rotatable bonds is 7. The third-order valence-electron chi connectivity index (χ3n) is 5.96. The van der Waals surface area contributed by atoms with Crippen molar-refractivity contribution in [3.05, 3.63) is 150 Å². The summed E-state index contributed by atoms with van der Waals surface area (Å²) >= 11 is 0. The van der Waals surface area contributed by atoms with Crippen molar-refractivity contribution in [3.63, 3.8) is 0 Å². The molecule has 180 valence electrons. The standard InChI is InChI=1S/C31H28N2O3/c1-24(34)33(29(26-16-8-3-9-17-26)23-22-25-14-6-2-7-15-25)32-30(35)31(36,27-18-10-4-11-19-27)28-20-12-5-13-21-28/h2-23,29,36H,1H3,(H,32,35)/b23-22+. The highest BCUT2D eigenvalue weighted by molar-refractivity contribution is 5.91. The lowest BCUT2D eigenvalue weighted by Gasteiger charge is -2.34. The average molecular weight is 477 g/mol. The smallest absolute Gasteiger partial charge is 0.279 e. The minimum Gasteiger partial charge on any atom is -0.372 e. The molecule has 5 nitrogen and oxygen atoms in total. The second-order valence-corrected chi connectivity index (χ2v) is 8.40. The number of carbonyl (C=O) groups is 2. The number of aliphatic hydroxyl groups is 1. The van der Waals surface area contributed by atoms with Crippen LogP contribution in [0.5, 0.6) is 0 Å². The summed E-state index contributed by atoms with van der Waals surface area (Å²) in [5.74, 6) is -1.11. The molecule has 0 heterocycles. The van der Waals surface area contributed by atoms with E-state index in [1.807, 2.05) is 84.9 Å². The molecule has 0 bridgehead atoms. The van der Waals surface area contributed by atoms with Gasteiger partial charge in [0.25, 0.3) is 5.91 Å². The second-order valence-electron chi connectivity index (χ2n) is 8.40. The van der Waals surface area contributed by atoms with Gasteiger partial charge in [-0.25, -0.2) is 5.01 Å². The summed E-state index contributed by atoms with van der Waals surface area (Å²) < 4.78 is 0. The molecule has 0 aliphatic heterocycles. The van der Waals surface area contributed by atoms with Gasteiger partial charge in [-0.1, -0.05) is 133 Å². The molecule has 0 aliphatic rings. The van der Waals surface area contributed by atoms with Crippen LogP contribution >= 0.6 is 0 Å². The Labute approximate surface area is 211 Å². The SMILES string of the molecule is CC(=O)N(NC(=O)C(O)(c1ccccc1)c1ccccc1)C(/C=C/c1ccccc1)c1ccccc1. The molecule has 0 aliphatic carbocycles. The van der Waals surface area contributed by atoms with Crippen molar-refractivity contribution in [3.8, 4) is 0 Å². The van der Waals surface area contributed by atoms with E-state index < -0.39 is 17.6 Å². The first-order chi connectivity index (χ1) is 17.5. The van der Waals surface area contributed by atoms with Crippen molar-refractivity contribution in [2.45, 2.75) is 18.6 Å². The van der Waals surface area contributed by atoms with Crippen molar-refractivity contribution in [2.75, 3.05) is 0 Å². The molecule has 0 saturated heterocycles. The van der Waals surface area contributed by atoms with E-state index in [1.54, 1.807) is 48.5 Å². The van der Waals surface area contributed by atoms with Crippen LogP contribution in [-0.4, -0.2) is 21.9 Å². The highest BCUT2D eigenvalue weighted by atomic mass is 16.3. The predicted molar refractivity (Wildman–Crippen MR) is 141 cm³/mol. The third-order valence-corrected chi connectivity index (χ3v) is 5.96. The molecule has 4 aromatic rings. The first-order valence-electron chi connectivity index (χ1n) is 11.7. The zero-order valence-electron chi connectivity index (χ0n) is 20.0. The van der Waals surface area contributed by atoms with E-state index in [0.717, 1.165) is 11.1 Å². The Morgan fingerprint density at radius 1 is 0.750 bits per heavy atom. The summed E-state index contributed by atoms with van der Waals surface area (Å²) in [6.07, 6.45) is 3.76.